The third-order valence-corrected chi connectivity index (χ3v) is 3.85. The average Bonchev–Trinajstić information content (AvgIpc) is 2.94. The smallest absolute Gasteiger partial charge is 0.0964 e. The Morgan fingerprint density at radius 2 is 2.43 bits per heavy atom. The van der Waals surface area contributed by atoms with Gasteiger partial charge in [0, 0.05) is 32.4 Å². The van der Waals surface area contributed by atoms with Gasteiger partial charge in [-0.15, -0.1) is 5.10 Å². The van der Waals surface area contributed by atoms with Crippen molar-refractivity contribution in [1.29, 1.82) is 0 Å². The minimum atomic E-state index is 0.688. The van der Waals surface area contributed by atoms with Gasteiger partial charge in [0.1, 0.15) is 0 Å². The topological polar surface area (TPSA) is 55.2 Å². The summed E-state index contributed by atoms with van der Waals surface area (Å²) in [7, 11) is 2.18. The predicted octanol–water partition coefficient (Wildman–Crippen LogP) is 1.14. The van der Waals surface area contributed by atoms with Crippen LogP contribution in [0.1, 0.15) is 31.9 Å². The summed E-state index contributed by atoms with van der Waals surface area (Å²) >= 11 is 0. The molecule has 1 aromatic rings. The van der Waals surface area contributed by atoms with Gasteiger partial charge in [-0.1, -0.05) is 12.1 Å². The minimum absolute atomic E-state index is 0.688. The number of likely N-dealkylation sites (N-methyl/N-ethyl adjacent to an activating group) is 1. The zero-order valence-electron chi connectivity index (χ0n) is 13.4. The van der Waals surface area contributed by atoms with E-state index in [9.17, 15) is 0 Å². The highest BCUT2D eigenvalue weighted by molar-refractivity contribution is 4.91. The molecule has 0 bridgehead atoms. The molecule has 0 spiro atoms. The van der Waals surface area contributed by atoms with Gasteiger partial charge >= 0.3 is 0 Å². The molecule has 6 heteroatoms. The van der Waals surface area contributed by atoms with E-state index in [0.717, 1.165) is 58.1 Å². The first kappa shape index (κ1) is 16.4. The Bertz CT molecular complexity index is 389. The number of aromatic nitrogens is 3. The van der Waals surface area contributed by atoms with Gasteiger partial charge in [0.25, 0.3) is 0 Å². The highest BCUT2D eigenvalue weighted by Gasteiger charge is 2.15. The van der Waals surface area contributed by atoms with Crippen LogP contribution in [0.5, 0.6) is 0 Å². The lowest BCUT2D eigenvalue weighted by atomic mass is 10.0. The molecular formula is C15H29N5O. The van der Waals surface area contributed by atoms with Crippen molar-refractivity contribution >= 4 is 0 Å². The maximum Gasteiger partial charge on any atom is 0.0964 e. The molecule has 120 valence electrons. The highest BCUT2D eigenvalue weighted by Crippen LogP contribution is 2.14. The number of ether oxygens (including phenoxy) is 1. The van der Waals surface area contributed by atoms with E-state index < -0.39 is 0 Å². The Balaban J connectivity index is 1.64. The molecule has 0 amide bonds. The lowest BCUT2D eigenvalue weighted by Gasteiger charge is -2.26. The van der Waals surface area contributed by atoms with E-state index in [-0.39, 0.29) is 0 Å². The van der Waals surface area contributed by atoms with Gasteiger partial charge in [-0.05, 0) is 38.8 Å². The standard InChI is InChI=1S/C15H29N5O/c1-3-6-16-10-15-12-20(18-17-15)8-7-19(2)11-14-5-4-9-21-13-14/h12,14,16H,3-11,13H2,1-2H3. The number of nitrogens with one attached hydrogen (secondary N) is 1. The van der Waals surface area contributed by atoms with Crippen LogP contribution in [0.25, 0.3) is 0 Å². The molecule has 1 aromatic heterocycles. The second-order valence-electron chi connectivity index (χ2n) is 6.00. The van der Waals surface area contributed by atoms with Crippen LogP contribution in [0.3, 0.4) is 0 Å². The van der Waals surface area contributed by atoms with Gasteiger partial charge in [-0.3, -0.25) is 4.68 Å². The first-order valence-corrected chi connectivity index (χ1v) is 8.14. The molecule has 0 radical (unpaired) electrons. The Kier molecular flexibility index (Phi) is 7.12. The van der Waals surface area contributed by atoms with Gasteiger partial charge in [0.2, 0.25) is 0 Å². The number of hydrogen-bond donors (Lipinski definition) is 1. The van der Waals surface area contributed by atoms with E-state index in [2.05, 4.69) is 34.5 Å². The van der Waals surface area contributed by atoms with Crippen molar-refractivity contribution in [3.8, 4) is 0 Å². The maximum atomic E-state index is 5.53. The third kappa shape index (κ3) is 6.11. The second kappa shape index (κ2) is 9.12. The van der Waals surface area contributed by atoms with Crippen LogP contribution in [-0.4, -0.2) is 59.8 Å². The van der Waals surface area contributed by atoms with Gasteiger partial charge in [-0.25, -0.2) is 0 Å². The summed E-state index contributed by atoms with van der Waals surface area (Å²) in [6.07, 6.45) is 5.68. The Morgan fingerprint density at radius 1 is 1.52 bits per heavy atom. The zero-order valence-corrected chi connectivity index (χ0v) is 13.4. The van der Waals surface area contributed by atoms with Gasteiger partial charge in [0.05, 0.1) is 18.8 Å². The van der Waals surface area contributed by atoms with Crippen molar-refractivity contribution in [1.82, 2.24) is 25.2 Å². The summed E-state index contributed by atoms with van der Waals surface area (Å²) in [5.41, 5.74) is 1.02. The SMILES string of the molecule is CCCNCc1cn(CCN(C)CC2CCCOC2)nn1. The molecule has 1 fully saturated rings. The van der Waals surface area contributed by atoms with Crippen molar-refractivity contribution < 1.29 is 4.74 Å². The summed E-state index contributed by atoms with van der Waals surface area (Å²) < 4.78 is 7.48. The summed E-state index contributed by atoms with van der Waals surface area (Å²) in [5, 5.41) is 11.7. The van der Waals surface area contributed by atoms with E-state index in [1.807, 2.05) is 10.9 Å². The fraction of sp³-hybridized carbons (Fsp3) is 0.867. The fourth-order valence-electron chi connectivity index (χ4n) is 2.68. The van der Waals surface area contributed by atoms with Crippen LogP contribution < -0.4 is 5.32 Å². The molecule has 1 atom stereocenters. The number of rotatable bonds is 9. The molecule has 0 aliphatic carbocycles. The first-order valence-electron chi connectivity index (χ1n) is 8.14. The van der Waals surface area contributed by atoms with Crippen molar-refractivity contribution in [2.24, 2.45) is 5.92 Å². The number of hydrogen-bond acceptors (Lipinski definition) is 5. The zero-order chi connectivity index (χ0) is 14.9. The molecule has 2 rings (SSSR count). The fourth-order valence-corrected chi connectivity index (χ4v) is 2.68. The van der Waals surface area contributed by atoms with E-state index in [4.69, 9.17) is 4.74 Å². The molecular weight excluding hydrogens is 266 g/mol. The molecule has 0 aromatic carbocycles. The molecule has 1 aliphatic heterocycles. The first-order chi connectivity index (χ1) is 10.3. The van der Waals surface area contributed by atoms with Crippen molar-refractivity contribution in [3.63, 3.8) is 0 Å². The molecule has 21 heavy (non-hydrogen) atoms. The van der Waals surface area contributed by atoms with E-state index in [0.29, 0.717) is 5.92 Å². The van der Waals surface area contributed by atoms with Crippen LogP contribution in [0.2, 0.25) is 0 Å². The molecule has 0 saturated carbocycles. The normalized spacial score (nSPS) is 19.3. The van der Waals surface area contributed by atoms with Crippen molar-refractivity contribution in [2.75, 3.05) is 39.9 Å². The highest BCUT2D eigenvalue weighted by atomic mass is 16.5. The lowest BCUT2D eigenvalue weighted by molar-refractivity contribution is 0.0416. The molecule has 2 heterocycles. The molecule has 1 aliphatic rings. The average molecular weight is 295 g/mol. The van der Waals surface area contributed by atoms with Gasteiger partial charge in [0.15, 0.2) is 0 Å². The van der Waals surface area contributed by atoms with Crippen LogP contribution in [0, 0.1) is 5.92 Å². The quantitative estimate of drug-likeness (QED) is 0.692. The van der Waals surface area contributed by atoms with Crippen molar-refractivity contribution in [2.45, 2.75) is 39.3 Å². The van der Waals surface area contributed by atoms with Crippen LogP contribution in [-0.2, 0) is 17.8 Å². The summed E-state index contributed by atoms with van der Waals surface area (Å²) in [6.45, 7) is 8.86. The second-order valence-corrected chi connectivity index (χ2v) is 6.00. The lowest BCUT2D eigenvalue weighted by Crippen LogP contribution is -2.33. The Labute approximate surface area is 127 Å². The summed E-state index contributed by atoms with van der Waals surface area (Å²) in [4.78, 5) is 2.37. The van der Waals surface area contributed by atoms with Gasteiger partial charge in [-0.2, -0.15) is 0 Å². The Hall–Kier alpha value is -0.980. The van der Waals surface area contributed by atoms with E-state index >= 15 is 0 Å². The van der Waals surface area contributed by atoms with E-state index in [1.165, 1.54) is 12.8 Å². The molecule has 1 saturated heterocycles. The monoisotopic (exact) mass is 295 g/mol. The number of nitrogens with zero attached hydrogens (tertiary/aromatic N) is 4. The molecule has 1 unspecified atom stereocenters. The van der Waals surface area contributed by atoms with E-state index in [1.54, 1.807) is 0 Å². The van der Waals surface area contributed by atoms with Crippen LogP contribution in [0.15, 0.2) is 6.20 Å². The maximum absolute atomic E-state index is 5.53. The molecule has 1 N–H and O–H groups in total. The molecule has 6 nitrogen and oxygen atoms in total. The van der Waals surface area contributed by atoms with Crippen molar-refractivity contribution in [3.05, 3.63) is 11.9 Å². The van der Waals surface area contributed by atoms with Crippen LogP contribution in [0.4, 0.5) is 0 Å². The predicted molar refractivity (Wildman–Crippen MR) is 83.1 cm³/mol. The largest absolute Gasteiger partial charge is 0.381 e. The summed E-state index contributed by atoms with van der Waals surface area (Å²) in [6, 6.07) is 0. The summed E-state index contributed by atoms with van der Waals surface area (Å²) in [5.74, 6) is 0.688. The Morgan fingerprint density at radius 3 is 3.19 bits per heavy atom. The minimum Gasteiger partial charge on any atom is -0.381 e. The third-order valence-electron chi connectivity index (χ3n) is 3.85. The van der Waals surface area contributed by atoms with Gasteiger partial charge < -0.3 is 15.0 Å². The van der Waals surface area contributed by atoms with Crippen LogP contribution >= 0.6 is 0 Å².